The number of benzene rings is 1. The van der Waals surface area contributed by atoms with Gasteiger partial charge in [-0.05, 0) is 6.07 Å². The number of esters is 1. The van der Waals surface area contributed by atoms with E-state index in [4.69, 9.17) is 0 Å². The summed E-state index contributed by atoms with van der Waals surface area (Å²) in [5.74, 6) is -0.317. The van der Waals surface area contributed by atoms with Gasteiger partial charge in [-0.15, -0.1) is 0 Å². The lowest BCUT2D eigenvalue weighted by Crippen LogP contribution is -2.01. The monoisotopic (exact) mass is 211 g/mol. The molecule has 0 radical (unpaired) electrons. The molecule has 0 N–H and O–H groups in total. The number of hydrogen-bond donors (Lipinski definition) is 0. The molecule has 0 aliphatic rings. The largest absolute Gasteiger partial charge is 0.426 e. The molecule has 5 nitrogen and oxygen atoms in total. The number of rotatable bonds is 2. The maximum Gasteiger partial charge on any atom is 0.308 e. The van der Waals surface area contributed by atoms with E-state index in [2.05, 4.69) is 4.74 Å². The van der Waals surface area contributed by atoms with E-state index in [0.29, 0.717) is 0 Å². The zero-order chi connectivity index (χ0) is 11.8. The van der Waals surface area contributed by atoms with Crippen molar-refractivity contribution in [1.82, 2.24) is 0 Å². The van der Waals surface area contributed by atoms with Gasteiger partial charge in [0.2, 0.25) is 0 Å². The fourth-order valence-electron chi connectivity index (χ4n) is 0.827. The van der Waals surface area contributed by atoms with Crippen molar-refractivity contribution < 1.29 is 14.5 Å². The number of hydrogen-bond acceptors (Lipinski definition) is 4. The number of ether oxygens (including phenoxy) is 1. The van der Waals surface area contributed by atoms with Gasteiger partial charge in [-0.2, -0.15) is 0 Å². The van der Waals surface area contributed by atoms with Crippen LogP contribution in [0.2, 0.25) is 0 Å². The van der Waals surface area contributed by atoms with Crippen LogP contribution in [0.25, 0.3) is 0 Å². The van der Waals surface area contributed by atoms with Gasteiger partial charge >= 0.3 is 5.97 Å². The normalized spacial score (nSPS) is 8.47. The topological polar surface area (TPSA) is 69.4 Å². The number of nitro groups is 1. The van der Waals surface area contributed by atoms with Gasteiger partial charge in [0.15, 0.2) is 0 Å². The third kappa shape index (κ3) is 4.75. The van der Waals surface area contributed by atoms with E-state index in [9.17, 15) is 14.9 Å². The van der Waals surface area contributed by atoms with Gasteiger partial charge in [-0.25, -0.2) is 0 Å². The summed E-state index contributed by atoms with van der Waals surface area (Å²) < 4.78 is 4.66. The smallest absolute Gasteiger partial charge is 0.308 e. The van der Waals surface area contributed by atoms with Gasteiger partial charge in [-0.3, -0.25) is 14.9 Å². The van der Waals surface area contributed by atoms with E-state index in [1.807, 2.05) is 13.8 Å². The first-order valence-electron chi connectivity index (χ1n) is 4.52. The molecule has 0 fully saturated rings. The molecule has 0 amide bonds. The summed E-state index contributed by atoms with van der Waals surface area (Å²) in [7, 11) is 0. The molecule has 5 heteroatoms. The van der Waals surface area contributed by atoms with Crippen LogP contribution in [0.5, 0.6) is 5.75 Å². The summed E-state index contributed by atoms with van der Waals surface area (Å²) in [5.41, 5.74) is -0.0984. The average Bonchev–Trinajstić information content (AvgIpc) is 2.20. The molecule has 0 saturated carbocycles. The predicted molar refractivity (Wildman–Crippen MR) is 55.8 cm³/mol. The molecule has 0 aliphatic carbocycles. The number of nitro benzene ring substituents is 1. The molecular formula is C10H13NO4. The Bertz CT molecular complexity index is 349. The maximum absolute atomic E-state index is 10.5. The summed E-state index contributed by atoms with van der Waals surface area (Å²) in [5, 5.41) is 10.3. The van der Waals surface area contributed by atoms with Crippen molar-refractivity contribution >= 4 is 11.7 Å². The van der Waals surface area contributed by atoms with Crippen molar-refractivity contribution in [2.75, 3.05) is 0 Å². The molecule has 1 rings (SSSR count). The number of carbonyl (C=O) groups is 1. The Kier molecular flexibility index (Phi) is 5.70. The summed E-state index contributed by atoms with van der Waals surface area (Å²) >= 11 is 0. The molecule has 0 aliphatic heterocycles. The first-order chi connectivity index (χ1) is 7.09. The Morgan fingerprint density at radius 1 is 1.40 bits per heavy atom. The molecule has 0 unspecified atom stereocenters. The van der Waals surface area contributed by atoms with Crippen molar-refractivity contribution in [2.45, 2.75) is 20.8 Å². The standard InChI is InChI=1S/C8H7NO4.C2H6/c1-6(10)13-8-4-2-3-7(5-8)9(11)12;1-2/h2-5H,1H3;1-2H3. The highest BCUT2D eigenvalue weighted by molar-refractivity contribution is 5.69. The van der Waals surface area contributed by atoms with Crippen LogP contribution in [-0.4, -0.2) is 10.9 Å². The van der Waals surface area contributed by atoms with E-state index in [-0.39, 0.29) is 11.4 Å². The molecule has 0 heterocycles. The SMILES string of the molecule is CC.CC(=O)Oc1cccc([N+](=O)[O-])c1. The van der Waals surface area contributed by atoms with Crippen LogP contribution in [0.3, 0.4) is 0 Å². The highest BCUT2D eigenvalue weighted by Gasteiger charge is 2.06. The van der Waals surface area contributed by atoms with Crippen LogP contribution in [0.15, 0.2) is 24.3 Å². The second kappa shape index (κ2) is 6.53. The fraction of sp³-hybridized carbons (Fsp3) is 0.300. The molecule has 1 aromatic carbocycles. The molecule has 0 spiro atoms. The third-order valence-corrected chi connectivity index (χ3v) is 1.29. The molecule has 82 valence electrons. The molecule has 0 atom stereocenters. The van der Waals surface area contributed by atoms with Gasteiger partial charge in [0.1, 0.15) is 5.75 Å². The number of non-ortho nitro benzene ring substituents is 1. The van der Waals surface area contributed by atoms with E-state index < -0.39 is 10.9 Å². The first kappa shape index (κ1) is 13.1. The molecular weight excluding hydrogens is 198 g/mol. The van der Waals surface area contributed by atoms with Crippen LogP contribution in [-0.2, 0) is 4.79 Å². The highest BCUT2D eigenvalue weighted by atomic mass is 16.6. The van der Waals surface area contributed by atoms with Crippen LogP contribution in [0.1, 0.15) is 20.8 Å². The molecule has 15 heavy (non-hydrogen) atoms. The second-order valence-electron chi connectivity index (χ2n) is 2.35. The van der Waals surface area contributed by atoms with Crippen molar-refractivity contribution in [1.29, 1.82) is 0 Å². The Morgan fingerprint density at radius 2 is 2.00 bits per heavy atom. The van der Waals surface area contributed by atoms with Gasteiger partial charge in [-0.1, -0.05) is 19.9 Å². The first-order valence-corrected chi connectivity index (χ1v) is 4.52. The summed E-state index contributed by atoms with van der Waals surface area (Å²) in [4.78, 5) is 20.3. The predicted octanol–water partition coefficient (Wildman–Crippen LogP) is 2.55. The van der Waals surface area contributed by atoms with Crippen LogP contribution < -0.4 is 4.74 Å². The summed E-state index contributed by atoms with van der Waals surface area (Å²) in [6.45, 7) is 5.23. The Balaban J connectivity index is 0.000000921. The zero-order valence-electron chi connectivity index (χ0n) is 8.89. The maximum atomic E-state index is 10.5. The minimum absolute atomic E-state index is 0.0984. The van der Waals surface area contributed by atoms with E-state index >= 15 is 0 Å². The Morgan fingerprint density at radius 3 is 2.47 bits per heavy atom. The second-order valence-corrected chi connectivity index (χ2v) is 2.35. The summed E-state index contributed by atoms with van der Waals surface area (Å²) in [6.07, 6.45) is 0. The lowest BCUT2D eigenvalue weighted by atomic mass is 10.3. The van der Waals surface area contributed by atoms with Crippen molar-refractivity contribution in [3.8, 4) is 5.75 Å². The van der Waals surface area contributed by atoms with E-state index in [1.54, 1.807) is 0 Å². The minimum Gasteiger partial charge on any atom is -0.426 e. The van der Waals surface area contributed by atoms with Gasteiger partial charge in [0, 0.05) is 13.0 Å². The van der Waals surface area contributed by atoms with Gasteiger partial charge in [0.25, 0.3) is 5.69 Å². The highest BCUT2D eigenvalue weighted by Crippen LogP contribution is 2.18. The molecule has 0 bridgehead atoms. The van der Waals surface area contributed by atoms with Crippen LogP contribution >= 0.6 is 0 Å². The lowest BCUT2D eigenvalue weighted by molar-refractivity contribution is -0.384. The van der Waals surface area contributed by atoms with Crippen molar-refractivity contribution in [2.24, 2.45) is 0 Å². The molecule has 0 aromatic heterocycles. The van der Waals surface area contributed by atoms with E-state index in [1.165, 1.54) is 31.2 Å². The van der Waals surface area contributed by atoms with Gasteiger partial charge in [0.05, 0.1) is 11.0 Å². The Labute approximate surface area is 87.8 Å². The quantitative estimate of drug-likeness (QED) is 0.326. The van der Waals surface area contributed by atoms with Gasteiger partial charge < -0.3 is 4.74 Å². The fourth-order valence-corrected chi connectivity index (χ4v) is 0.827. The zero-order valence-corrected chi connectivity index (χ0v) is 8.89. The average molecular weight is 211 g/mol. The lowest BCUT2D eigenvalue weighted by Gasteiger charge is -1.99. The van der Waals surface area contributed by atoms with Crippen LogP contribution in [0, 0.1) is 10.1 Å². The minimum atomic E-state index is -0.549. The Hall–Kier alpha value is -1.91. The molecule has 0 saturated heterocycles. The molecule has 1 aromatic rings. The van der Waals surface area contributed by atoms with Crippen LogP contribution in [0.4, 0.5) is 5.69 Å². The van der Waals surface area contributed by atoms with Crippen molar-refractivity contribution in [3.63, 3.8) is 0 Å². The van der Waals surface area contributed by atoms with E-state index in [0.717, 1.165) is 0 Å². The number of carbonyl (C=O) groups excluding carboxylic acids is 1. The van der Waals surface area contributed by atoms with Crippen molar-refractivity contribution in [3.05, 3.63) is 34.4 Å². The summed E-state index contributed by atoms with van der Waals surface area (Å²) in [6, 6.07) is 5.46. The number of nitrogens with zero attached hydrogens (tertiary/aromatic N) is 1. The third-order valence-electron chi connectivity index (χ3n) is 1.29.